The van der Waals surface area contributed by atoms with Gasteiger partial charge in [-0.05, 0) is 53.6 Å². The highest BCUT2D eigenvalue weighted by atomic mass is 19.1. The number of H-pyrrole nitrogens is 1. The first-order valence-electron chi connectivity index (χ1n) is 11.7. The van der Waals surface area contributed by atoms with Crippen LogP contribution in [0, 0.1) is 5.82 Å². The molecule has 0 bridgehead atoms. The van der Waals surface area contributed by atoms with Crippen molar-refractivity contribution >= 4 is 17.7 Å². The molecule has 0 spiro atoms. The molecular weight excluding hydrogens is 473 g/mol. The number of rotatable bonds is 6. The molecule has 192 valence electrons. The van der Waals surface area contributed by atoms with Crippen molar-refractivity contribution in [3.8, 4) is 17.0 Å². The minimum Gasteiger partial charge on any atom is -0.497 e. The lowest BCUT2D eigenvalue weighted by molar-refractivity contribution is 0.0967. The highest BCUT2D eigenvalue weighted by Gasteiger charge is 2.22. The van der Waals surface area contributed by atoms with E-state index in [2.05, 4.69) is 30.9 Å². The Labute approximate surface area is 214 Å². The number of guanidine groups is 1. The van der Waals surface area contributed by atoms with Gasteiger partial charge >= 0.3 is 0 Å². The number of amides is 1. The summed E-state index contributed by atoms with van der Waals surface area (Å²) in [5.41, 5.74) is 3.35. The molecule has 9 nitrogen and oxygen atoms in total. The molecule has 0 aliphatic rings. The number of halogens is 1. The van der Waals surface area contributed by atoms with Gasteiger partial charge in [-0.25, -0.2) is 9.38 Å². The molecule has 2 aromatic heterocycles. The topological polar surface area (TPSA) is 109 Å². The van der Waals surface area contributed by atoms with E-state index in [4.69, 9.17) is 4.74 Å². The molecule has 37 heavy (non-hydrogen) atoms. The van der Waals surface area contributed by atoms with Gasteiger partial charge in [-0.3, -0.25) is 19.9 Å². The Morgan fingerprint density at radius 2 is 1.89 bits per heavy atom. The van der Waals surface area contributed by atoms with Crippen molar-refractivity contribution in [1.82, 2.24) is 25.3 Å². The molecular formula is C27H30FN7O2. The largest absolute Gasteiger partial charge is 0.497 e. The van der Waals surface area contributed by atoms with Crippen molar-refractivity contribution in [1.29, 1.82) is 0 Å². The number of hydrogen-bond acceptors (Lipinski definition) is 5. The highest BCUT2D eigenvalue weighted by molar-refractivity contribution is 6.09. The molecule has 0 saturated heterocycles. The summed E-state index contributed by atoms with van der Waals surface area (Å²) in [6, 6.07) is 17.1. The van der Waals surface area contributed by atoms with Crippen molar-refractivity contribution in [3.63, 3.8) is 0 Å². The van der Waals surface area contributed by atoms with Gasteiger partial charge in [-0.1, -0.05) is 32.9 Å². The van der Waals surface area contributed by atoms with Crippen LogP contribution in [0.5, 0.6) is 5.75 Å². The van der Waals surface area contributed by atoms with Gasteiger partial charge in [0.1, 0.15) is 17.3 Å². The molecule has 1 amide bonds. The van der Waals surface area contributed by atoms with E-state index in [1.165, 1.54) is 12.1 Å². The summed E-state index contributed by atoms with van der Waals surface area (Å²) in [7, 11) is 3.33. The number of carbonyl (C=O) groups is 1. The Morgan fingerprint density at radius 1 is 1.14 bits per heavy atom. The zero-order chi connectivity index (χ0) is 26.6. The maximum Gasteiger partial charge on any atom is 0.276 e. The van der Waals surface area contributed by atoms with E-state index in [0.717, 1.165) is 16.8 Å². The maximum atomic E-state index is 13.3. The second-order valence-corrected chi connectivity index (χ2v) is 9.56. The van der Waals surface area contributed by atoms with Gasteiger partial charge in [0, 0.05) is 18.5 Å². The summed E-state index contributed by atoms with van der Waals surface area (Å²) in [4.78, 5) is 17.8. The third-order valence-electron chi connectivity index (χ3n) is 5.65. The molecule has 0 aliphatic carbocycles. The number of methoxy groups -OCH3 is 1. The maximum absolute atomic E-state index is 13.3. The summed E-state index contributed by atoms with van der Waals surface area (Å²) < 4.78 is 20.1. The molecule has 0 atom stereocenters. The monoisotopic (exact) mass is 503 g/mol. The predicted octanol–water partition coefficient (Wildman–Crippen LogP) is 4.65. The standard InChI is InChI=1S/C27H30FN7O2/c1-27(2,3)23-15-22(35(4)34-23)25(36)31-26(29-16-17-7-6-8-20(13-17)37-5)30-24-14-21(32-33-24)18-9-11-19(28)12-10-18/h6-15H,16H2,1-5H3,(H3,29,30,31,32,33,36). The molecule has 2 heterocycles. The van der Waals surface area contributed by atoms with Crippen LogP contribution in [0.3, 0.4) is 0 Å². The zero-order valence-corrected chi connectivity index (χ0v) is 21.5. The average Bonchev–Trinajstić information content (AvgIpc) is 3.50. The van der Waals surface area contributed by atoms with Crippen LogP contribution in [0.4, 0.5) is 10.2 Å². The number of anilines is 1. The lowest BCUT2D eigenvalue weighted by Crippen LogP contribution is -2.37. The lowest BCUT2D eigenvalue weighted by atomic mass is 9.92. The molecule has 3 N–H and O–H groups in total. The Hall–Kier alpha value is -4.47. The number of carbonyl (C=O) groups excluding carboxylic acids is 1. The number of benzene rings is 2. The number of aliphatic imine (C=N–C) groups is 1. The molecule has 0 saturated carbocycles. The molecule has 4 aromatic rings. The molecule has 2 aromatic carbocycles. The smallest absolute Gasteiger partial charge is 0.276 e. The average molecular weight is 504 g/mol. The van der Waals surface area contributed by atoms with E-state index >= 15 is 0 Å². The molecule has 0 radical (unpaired) electrons. The van der Waals surface area contributed by atoms with Crippen LogP contribution >= 0.6 is 0 Å². The first kappa shape index (κ1) is 25.6. The van der Waals surface area contributed by atoms with E-state index in [9.17, 15) is 9.18 Å². The van der Waals surface area contributed by atoms with Gasteiger partial charge in [0.25, 0.3) is 5.91 Å². The van der Waals surface area contributed by atoms with Gasteiger partial charge < -0.3 is 10.1 Å². The van der Waals surface area contributed by atoms with Crippen molar-refractivity contribution in [2.24, 2.45) is 12.0 Å². The van der Waals surface area contributed by atoms with Crippen LogP contribution < -0.4 is 15.4 Å². The molecule has 10 heteroatoms. The Kier molecular flexibility index (Phi) is 7.37. The van der Waals surface area contributed by atoms with E-state index < -0.39 is 0 Å². The molecule has 0 unspecified atom stereocenters. The van der Waals surface area contributed by atoms with Crippen LogP contribution in [-0.4, -0.2) is 39.0 Å². The third-order valence-corrected chi connectivity index (χ3v) is 5.65. The number of aromatic nitrogens is 4. The summed E-state index contributed by atoms with van der Waals surface area (Å²) in [5, 5.41) is 17.6. The van der Waals surface area contributed by atoms with Gasteiger partial charge in [0.05, 0.1) is 25.0 Å². The highest BCUT2D eigenvalue weighted by Crippen LogP contribution is 2.22. The van der Waals surface area contributed by atoms with Crippen LogP contribution in [0.15, 0.2) is 65.7 Å². The van der Waals surface area contributed by atoms with E-state index in [-0.39, 0.29) is 29.6 Å². The van der Waals surface area contributed by atoms with Gasteiger partial charge in [0.15, 0.2) is 5.82 Å². The van der Waals surface area contributed by atoms with Crippen molar-refractivity contribution in [2.75, 3.05) is 12.4 Å². The van der Waals surface area contributed by atoms with Crippen molar-refractivity contribution in [3.05, 3.63) is 83.4 Å². The summed E-state index contributed by atoms with van der Waals surface area (Å²) >= 11 is 0. The van der Waals surface area contributed by atoms with Gasteiger partial charge in [0.2, 0.25) is 5.96 Å². The third kappa shape index (κ3) is 6.40. The van der Waals surface area contributed by atoms with E-state index in [1.807, 2.05) is 45.0 Å². The fraction of sp³-hybridized carbons (Fsp3) is 0.259. The molecule has 0 aliphatic heterocycles. The lowest BCUT2D eigenvalue weighted by Gasteiger charge is -2.13. The number of aromatic amines is 1. The number of nitrogens with one attached hydrogen (secondary N) is 3. The van der Waals surface area contributed by atoms with Crippen LogP contribution in [0.25, 0.3) is 11.3 Å². The quantitative estimate of drug-likeness (QED) is 0.262. The minimum absolute atomic E-state index is 0.205. The second kappa shape index (κ2) is 10.7. The predicted molar refractivity (Wildman–Crippen MR) is 141 cm³/mol. The summed E-state index contributed by atoms with van der Waals surface area (Å²) in [6.45, 7) is 6.40. The first-order chi connectivity index (χ1) is 17.6. The molecule has 0 fully saturated rings. The number of hydrogen-bond donors (Lipinski definition) is 3. The SMILES string of the molecule is COc1cccc(CN=C(NC(=O)c2cc(C(C)(C)C)nn2C)Nc2cc(-c3ccc(F)cc3)[nH]n2)c1. The fourth-order valence-electron chi connectivity index (χ4n) is 3.55. The Morgan fingerprint density at radius 3 is 2.57 bits per heavy atom. The zero-order valence-electron chi connectivity index (χ0n) is 21.5. The normalized spacial score (nSPS) is 11.9. The second-order valence-electron chi connectivity index (χ2n) is 9.56. The number of nitrogens with zero attached hydrogens (tertiary/aromatic N) is 4. The van der Waals surface area contributed by atoms with E-state index in [0.29, 0.717) is 23.0 Å². The van der Waals surface area contributed by atoms with Crippen LogP contribution in [0.1, 0.15) is 42.5 Å². The fourth-order valence-corrected chi connectivity index (χ4v) is 3.55. The van der Waals surface area contributed by atoms with Gasteiger partial charge in [-0.15, -0.1) is 0 Å². The van der Waals surface area contributed by atoms with Gasteiger partial charge in [-0.2, -0.15) is 10.2 Å². The van der Waals surface area contributed by atoms with Crippen LogP contribution in [-0.2, 0) is 19.0 Å². The van der Waals surface area contributed by atoms with Crippen molar-refractivity contribution < 1.29 is 13.9 Å². The Balaban J connectivity index is 1.59. The number of ether oxygens (including phenoxy) is 1. The van der Waals surface area contributed by atoms with E-state index in [1.54, 1.807) is 43.1 Å². The number of aryl methyl sites for hydroxylation is 1. The summed E-state index contributed by atoms with van der Waals surface area (Å²) in [6.07, 6.45) is 0. The summed E-state index contributed by atoms with van der Waals surface area (Å²) in [5.74, 6) is 0.678. The van der Waals surface area contributed by atoms with Crippen LogP contribution in [0.2, 0.25) is 0 Å². The minimum atomic E-state index is -0.364. The van der Waals surface area contributed by atoms with Crippen molar-refractivity contribution in [2.45, 2.75) is 32.7 Å². The molecule has 4 rings (SSSR count). The first-order valence-corrected chi connectivity index (χ1v) is 11.7. The Bertz CT molecular complexity index is 1420.